The Balaban J connectivity index is 2.11. The van der Waals surface area contributed by atoms with Crippen LogP contribution in [-0.4, -0.2) is 29.4 Å². The number of benzene rings is 1. The molecule has 0 saturated carbocycles. The minimum atomic E-state index is -0.372. The van der Waals surface area contributed by atoms with E-state index in [0.29, 0.717) is 18.7 Å². The second-order valence-electron chi connectivity index (χ2n) is 4.89. The number of carbonyl (C=O) groups is 1. The maximum absolute atomic E-state index is 13.2. The lowest BCUT2D eigenvalue weighted by Crippen LogP contribution is -2.68. The van der Waals surface area contributed by atoms with Crippen LogP contribution in [0.5, 0.6) is 0 Å². The number of rotatable bonds is 2. The predicted molar refractivity (Wildman–Crippen MR) is 64.2 cm³/mol. The third-order valence-corrected chi connectivity index (χ3v) is 3.29. The van der Waals surface area contributed by atoms with E-state index in [1.807, 2.05) is 6.92 Å². The first-order chi connectivity index (χ1) is 7.93. The average Bonchev–Trinajstić information content (AvgIpc) is 2.22. The zero-order chi connectivity index (χ0) is 12.6. The Hall–Kier alpha value is -1.42. The Bertz CT molecular complexity index is 432. The highest BCUT2D eigenvalue weighted by atomic mass is 19.1. The molecule has 1 amide bonds. The summed E-state index contributed by atoms with van der Waals surface area (Å²) < 4.78 is 13.2. The van der Waals surface area contributed by atoms with Crippen LogP contribution in [0.25, 0.3) is 0 Å². The van der Waals surface area contributed by atoms with Crippen LogP contribution in [0.2, 0.25) is 0 Å². The van der Waals surface area contributed by atoms with Crippen LogP contribution in [0, 0.1) is 12.7 Å². The molecule has 0 aliphatic carbocycles. The third kappa shape index (κ3) is 2.31. The molecule has 0 bridgehead atoms. The maximum Gasteiger partial charge on any atom is 0.254 e. The molecule has 0 spiro atoms. The van der Waals surface area contributed by atoms with E-state index in [4.69, 9.17) is 5.73 Å². The number of nitrogens with two attached hydrogens (primary N) is 1. The summed E-state index contributed by atoms with van der Waals surface area (Å²) in [6.45, 7) is 4.89. The first-order valence-corrected chi connectivity index (χ1v) is 5.79. The summed E-state index contributed by atoms with van der Waals surface area (Å²) >= 11 is 0. The Morgan fingerprint density at radius 3 is 2.65 bits per heavy atom. The van der Waals surface area contributed by atoms with Gasteiger partial charge in [-0.3, -0.25) is 4.79 Å². The molecule has 92 valence electrons. The molecule has 1 aromatic rings. The van der Waals surface area contributed by atoms with Crippen molar-refractivity contribution in [1.82, 2.24) is 4.90 Å². The Morgan fingerprint density at radius 2 is 2.12 bits per heavy atom. The molecule has 2 N–H and O–H groups in total. The van der Waals surface area contributed by atoms with E-state index < -0.39 is 0 Å². The highest BCUT2D eigenvalue weighted by molar-refractivity contribution is 5.95. The fourth-order valence-corrected chi connectivity index (χ4v) is 2.12. The Morgan fingerprint density at radius 1 is 1.47 bits per heavy atom. The predicted octanol–water partition coefficient (Wildman–Crippen LogP) is 1.70. The van der Waals surface area contributed by atoms with Gasteiger partial charge in [0.1, 0.15) is 5.82 Å². The van der Waals surface area contributed by atoms with Crippen LogP contribution in [0.3, 0.4) is 0 Å². The molecule has 0 unspecified atom stereocenters. The Kier molecular flexibility index (Phi) is 2.91. The van der Waals surface area contributed by atoms with Gasteiger partial charge in [-0.2, -0.15) is 0 Å². The smallest absolute Gasteiger partial charge is 0.254 e. The van der Waals surface area contributed by atoms with Gasteiger partial charge in [0, 0.05) is 18.7 Å². The van der Waals surface area contributed by atoms with E-state index in [0.717, 1.165) is 12.0 Å². The maximum atomic E-state index is 13.2. The number of amides is 1. The molecule has 2 rings (SSSR count). The number of carbonyl (C=O) groups excluding carboxylic acids is 1. The van der Waals surface area contributed by atoms with Crippen molar-refractivity contribution in [3.8, 4) is 0 Å². The lowest BCUT2D eigenvalue weighted by molar-refractivity contribution is 0.0401. The molecule has 1 aromatic carbocycles. The summed E-state index contributed by atoms with van der Waals surface area (Å²) in [7, 11) is 0. The largest absolute Gasteiger partial charge is 0.335 e. The lowest BCUT2D eigenvalue weighted by Gasteiger charge is -2.47. The van der Waals surface area contributed by atoms with E-state index in [2.05, 4.69) is 0 Å². The molecule has 0 radical (unpaired) electrons. The Labute approximate surface area is 100 Å². The van der Waals surface area contributed by atoms with Gasteiger partial charge in [0.2, 0.25) is 0 Å². The summed E-state index contributed by atoms with van der Waals surface area (Å²) in [6.07, 6.45) is 0.846. The zero-order valence-corrected chi connectivity index (χ0v) is 10.2. The van der Waals surface area contributed by atoms with Crippen molar-refractivity contribution in [2.45, 2.75) is 25.8 Å². The summed E-state index contributed by atoms with van der Waals surface area (Å²) in [4.78, 5) is 13.7. The van der Waals surface area contributed by atoms with Crippen LogP contribution in [-0.2, 0) is 0 Å². The fourth-order valence-electron chi connectivity index (χ4n) is 2.12. The van der Waals surface area contributed by atoms with Crippen LogP contribution in [0.4, 0.5) is 4.39 Å². The van der Waals surface area contributed by atoms with Crippen LogP contribution in [0.15, 0.2) is 18.2 Å². The minimum Gasteiger partial charge on any atom is -0.335 e. The summed E-state index contributed by atoms with van der Waals surface area (Å²) in [5.74, 6) is -0.509. The SMILES string of the molecule is CCC1(N)CN(C(=O)c2cc(C)cc(F)c2)C1. The van der Waals surface area contributed by atoms with Gasteiger partial charge in [0.15, 0.2) is 0 Å². The minimum absolute atomic E-state index is 0.137. The monoisotopic (exact) mass is 236 g/mol. The number of hydrogen-bond donors (Lipinski definition) is 1. The molecule has 1 fully saturated rings. The topological polar surface area (TPSA) is 46.3 Å². The van der Waals surface area contributed by atoms with Crippen molar-refractivity contribution >= 4 is 5.91 Å². The fraction of sp³-hybridized carbons (Fsp3) is 0.462. The van der Waals surface area contributed by atoms with E-state index in [1.54, 1.807) is 17.9 Å². The van der Waals surface area contributed by atoms with Gasteiger partial charge in [-0.25, -0.2) is 4.39 Å². The van der Waals surface area contributed by atoms with E-state index in [9.17, 15) is 9.18 Å². The lowest BCUT2D eigenvalue weighted by atomic mass is 9.87. The van der Waals surface area contributed by atoms with Gasteiger partial charge in [-0.15, -0.1) is 0 Å². The molecule has 1 heterocycles. The van der Waals surface area contributed by atoms with Crippen molar-refractivity contribution in [3.63, 3.8) is 0 Å². The van der Waals surface area contributed by atoms with Gasteiger partial charge < -0.3 is 10.6 Å². The second-order valence-corrected chi connectivity index (χ2v) is 4.89. The average molecular weight is 236 g/mol. The summed E-state index contributed by atoms with van der Waals surface area (Å²) in [6, 6.07) is 4.39. The molecule has 4 heteroatoms. The standard InChI is InChI=1S/C13H17FN2O/c1-3-13(15)7-16(8-13)12(17)10-4-9(2)5-11(14)6-10/h4-6H,3,7-8,15H2,1-2H3. The highest BCUT2D eigenvalue weighted by Crippen LogP contribution is 2.24. The number of aryl methyl sites for hydroxylation is 1. The van der Waals surface area contributed by atoms with Crippen molar-refractivity contribution in [3.05, 3.63) is 35.1 Å². The van der Waals surface area contributed by atoms with Gasteiger partial charge >= 0.3 is 0 Å². The van der Waals surface area contributed by atoms with Crippen LogP contribution in [0.1, 0.15) is 29.3 Å². The number of halogens is 1. The van der Waals surface area contributed by atoms with Crippen molar-refractivity contribution in [1.29, 1.82) is 0 Å². The number of nitrogens with zero attached hydrogens (tertiary/aromatic N) is 1. The molecule has 1 aliphatic rings. The molecule has 3 nitrogen and oxygen atoms in total. The van der Waals surface area contributed by atoms with E-state index >= 15 is 0 Å². The zero-order valence-electron chi connectivity index (χ0n) is 10.2. The summed E-state index contributed by atoms with van der Waals surface area (Å²) in [5, 5.41) is 0. The van der Waals surface area contributed by atoms with E-state index in [-0.39, 0.29) is 17.3 Å². The highest BCUT2D eigenvalue weighted by Gasteiger charge is 2.40. The molecule has 1 aliphatic heterocycles. The molecular formula is C13H17FN2O. The number of likely N-dealkylation sites (tertiary alicyclic amines) is 1. The van der Waals surface area contributed by atoms with Gasteiger partial charge in [0.25, 0.3) is 5.91 Å². The third-order valence-electron chi connectivity index (χ3n) is 3.29. The quantitative estimate of drug-likeness (QED) is 0.849. The molecule has 1 saturated heterocycles. The normalized spacial score (nSPS) is 17.8. The van der Waals surface area contributed by atoms with Crippen molar-refractivity contribution in [2.24, 2.45) is 5.73 Å². The number of hydrogen-bond acceptors (Lipinski definition) is 2. The van der Waals surface area contributed by atoms with E-state index in [1.165, 1.54) is 12.1 Å². The molecule has 0 atom stereocenters. The van der Waals surface area contributed by atoms with Crippen molar-refractivity contribution in [2.75, 3.05) is 13.1 Å². The van der Waals surface area contributed by atoms with Gasteiger partial charge in [-0.05, 0) is 37.1 Å². The van der Waals surface area contributed by atoms with Gasteiger partial charge in [0.05, 0.1) is 5.54 Å². The first-order valence-electron chi connectivity index (χ1n) is 5.79. The van der Waals surface area contributed by atoms with Crippen LogP contribution >= 0.6 is 0 Å². The van der Waals surface area contributed by atoms with Crippen molar-refractivity contribution < 1.29 is 9.18 Å². The summed E-state index contributed by atoms with van der Waals surface area (Å²) in [5.41, 5.74) is 6.90. The molecule has 0 aromatic heterocycles. The van der Waals surface area contributed by atoms with Gasteiger partial charge in [-0.1, -0.05) is 6.92 Å². The second kappa shape index (κ2) is 4.11. The van der Waals surface area contributed by atoms with Crippen LogP contribution < -0.4 is 5.73 Å². The first kappa shape index (κ1) is 12.0. The molecule has 17 heavy (non-hydrogen) atoms. The molecular weight excluding hydrogens is 219 g/mol.